The molecular formula is C6H9BrN2O. The van der Waals surface area contributed by atoms with Crippen LogP contribution in [0.2, 0.25) is 0 Å². The second-order valence-electron chi connectivity index (χ2n) is 2.25. The Kier molecular flexibility index (Phi) is 2.45. The highest BCUT2D eigenvalue weighted by atomic mass is 79.9. The number of aromatic amines is 1. The first kappa shape index (κ1) is 7.75. The minimum absolute atomic E-state index is 0.322. The van der Waals surface area contributed by atoms with Crippen molar-refractivity contribution in [2.24, 2.45) is 0 Å². The molecule has 0 aromatic carbocycles. The zero-order chi connectivity index (χ0) is 7.56. The Morgan fingerprint density at radius 1 is 1.90 bits per heavy atom. The standard InChI is InChI=1S/C6H9BrN2O/c1-4(10)2-6-5(7)3-8-9-6/h3-4,10H,2H2,1H3,(H,8,9)/t4-/m1/s1. The molecule has 3 nitrogen and oxygen atoms in total. The van der Waals surface area contributed by atoms with E-state index < -0.39 is 0 Å². The lowest BCUT2D eigenvalue weighted by Crippen LogP contribution is -2.04. The van der Waals surface area contributed by atoms with Crippen LogP contribution in [0.3, 0.4) is 0 Å². The molecule has 1 heterocycles. The maximum absolute atomic E-state index is 8.98. The van der Waals surface area contributed by atoms with E-state index in [-0.39, 0.29) is 6.10 Å². The second kappa shape index (κ2) is 3.16. The second-order valence-corrected chi connectivity index (χ2v) is 3.10. The molecule has 0 radical (unpaired) electrons. The third-order valence-electron chi connectivity index (χ3n) is 1.17. The lowest BCUT2D eigenvalue weighted by molar-refractivity contribution is 0.194. The topological polar surface area (TPSA) is 48.9 Å². The maximum atomic E-state index is 8.98. The Morgan fingerprint density at radius 2 is 2.60 bits per heavy atom. The van der Waals surface area contributed by atoms with Gasteiger partial charge in [-0.3, -0.25) is 5.10 Å². The largest absolute Gasteiger partial charge is 0.393 e. The van der Waals surface area contributed by atoms with Crippen molar-refractivity contribution in [3.8, 4) is 0 Å². The van der Waals surface area contributed by atoms with Crippen LogP contribution in [-0.4, -0.2) is 21.4 Å². The molecule has 0 aliphatic carbocycles. The Balaban J connectivity index is 2.65. The van der Waals surface area contributed by atoms with E-state index in [1.54, 1.807) is 13.1 Å². The van der Waals surface area contributed by atoms with Crippen molar-refractivity contribution in [1.29, 1.82) is 0 Å². The van der Waals surface area contributed by atoms with Crippen LogP contribution in [0.1, 0.15) is 12.6 Å². The average Bonchev–Trinajstić information content (AvgIpc) is 2.15. The Morgan fingerprint density at radius 3 is 3.00 bits per heavy atom. The van der Waals surface area contributed by atoms with Crippen molar-refractivity contribution >= 4 is 15.9 Å². The van der Waals surface area contributed by atoms with E-state index in [9.17, 15) is 0 Å². The van der Waals surface area contributed by atoms with Crippen molar-refractivity contribution in [3.05, 3.63) is 16.4 Å². The molecule has 10 heavy (non-hydrogen) atoms. The highest BCUT2D eigenvalue weighted by Gasteiger charge is 2.04. The van der Waals surface area contributed by atoms with Gasteiger partial charge in [-0.1, -0.05) is 0 Å². The molecule has 0 unspecified atom stereocenters. The monoisotopic (exact) mass is 204 g/mol. The van der Waals surface area contributed by atoms with Gasteiger partial charge in [0, 0.05) is 6.42 Å². The van der Waals surface area contributed by atoms with Gasteiger partial charge in [-0.2, -0.15) is 5.10 Å². The highest BCUT2D eigenvalue weighted by Crippen LogP contribution is 2.13. The molecule has 0 spiro atoms. The number of aliphatic hydroxyl groups excluding tert-OH is 1. The summed E-state index contributed by atoms with van der Waals surface area (Å²) in [5.41, 5.74) is 0.940. The summed E-state index contributed by atoms with van der Waals surface area (Å²) in [6, 6.07) is 0. The van der Waals surface area contributed by atoms with Gasteiger partial charge >= 0.3 is 0 Å². The zero-order valence-corrected chi connectivity index (χ0v) is 7.22. The minimum atomic E-state index is -0.322. The Hall–Kier alpha value is -0.350. The molecule has 0 aliphatic heterocycles. The van der Waals surface area contributed by atoms with Gasteiger partial charge in [0.05, 0.1) is 22.5 Å². The number of nitrogens with one attached hydrogen (secondary N) is 1. The molecule has 0 amide bonds. The van der Waals surface area contributed by atoms with Crippen LogP contribution in [0, 0.1) is 0 Å². The summed E-state index contributed by atoms with van der Waals surface area (Å²) in [4.78, 5) is 0. The van der Waals surface area contributed by atoms with E-state index in [0.29, 0.717) is 6.42 Å². The van der Waals surface area contributed by atoms with Crippen LogP contribution < -0.4 is 0 Å². The number of halogens is 1. The van der Waals surface area contributed by atoms with Gasteiger partial charge in [0.2, 0.25) is 0 Å². The minimum Gasteiger partial charge on any atom is -0.393 e. The Bertz CT molecular complexity index is 209. The van der Waals surface area contributed by atoms with Crippen molar-refractivity contribution in [1.82, 2.24) is 10.2 Å². The summed E-state index contributed by atoms with van der Waals surface area (Å²) in [5, 5.41) is 15.6. The van der Waals surface area contributed by atoms with Gasteiger partial charge < -0.3 is 5.11 Å². The fraction of sp³-hybridized carbons (Fsp3) is 0.500. The molecule has 0 bridgehead atoms. The van der Waals surface area contributed by atoms with E-state index in [0.717, 1.165) is 10.2 Å². The summed E-state index contributed by atoms with van der Waals surface area (Å²) < 4.78 is 0.924. The normalized spacial score (nSPS) is 13.5. The molecule has 0 saturated heterocycles. The average molecular weight is 205 g/mol. The summed E-state index contributed by atoms with van der Waals surface area (Å²) in [6.07, 6.45) is 1.97. The summed E-state index contributed by atoms with van der Waals surface area (Å²) in [7, 11) is 0. The van der Waals surface area contributed by atoms with Crippen LogP contribution in [0.5, 0.6) is 0 Å². The van der Waals surface area contributed by atoms with E-state index in [1.165, 1.54) is 0 Å². The van der Waals surface area contributed by atoms with Gasteiger partial charge in [0.1, 0.15) is 0 Å². The number of hydrogen-bond donors (Lipinski definition) is 2. The first-order valence-electron chi connectivity index (χ1n) is 3.06. The number of nitrogens with zero attached hydrogens (tertiary/aromatic N) is 1. The van der Waals surface area contributed by atoms with Gasteiger partial charge in [0.25, 0.3) is 0 Å². The maximum Gasteiger partial charge on any atom is 0.0632 e. The third-order valence-corrected chi connectivity index (χ3v) is 1.85. The summed E-state index contributed by atoms with van der Waals surface area (Å²) in [5.74, 6) is 0. The fourth-order valence-electron chi connectivity index (χ4n) is 0.737. The number of H-pyrrole nitrogens is 1. The van der Waals surface area contributed by atoms with Crippen LogP contribution in [-0.2, 0) is 6.42 Å². The zero-order valence-electron chi connectivity index (χ0n) is 5.63. The van der Waals surface area contributed by atoms with Gasteiger partial charge in [-0.25, -0.2) is 0 Å². The number of rotatable bonds is 2. The van der Waals surface area contributed by atoms with E-state index >= 15 is 0 Å². The smallest absolute Gasteiger partial charge is 0.0632 e. The third kappa shape index (κ3) is 1.82. The molecule has 0 aliphatic rings. The number of aromatic nitrogens is 2. The molecule has 2 N–H and O–H groups in total. The van der Waals surface area contributed by atoms with Crippen molar-refractivity contribution in [2.45, 2.75) is 19.4 Å². The van der Waals surface area contributed by atoms with Crippen LogP contribution in [0.4, 0.5) is 0 Å². The molecule has 0 fully saturated rings. The van der Waals surface area contributed by atoms with Gasteiger partial charge in [-0.15, -0.1) is 0 Å². The van der Waals surface area contributed by atoms with E-state index in [1.807, 2.05) is 0 Å². The molecule has 1 rings (SSSR count). The molecule has 1 atom stereocenters. The Labute approximate surface area is 67.6 Å². The van der Waals surface area contributed by atoms with E-state index in [2.05, 4.69) is 26.1 Å². The predicted molar refractivity (Wildman–Crippen MR) is 41.7 cm³/mol. The lowest BCUT2D eigenvalue weighted by Gasteiger charge is -2.00. The van der Waals surface area contributed by atoms with Crippen LogP contribution in [0.25, 0.3) is 0 Å². The molecule has 1 aromatic heterocycles. The van der Waals surface area contributed by atoms with Crippen molar-refractivity contribution in [3.63, 3.8) is 0 Å². The summed E-state index contributed by atoms with van der Waals surface area (Å²) >= 11 is 3.29. The summed E-state index contributed by atoms with van der Waals surface area (Å²) in [6.45, 7) is 1.74. The first-order chi connectivity index (χ1) is 4.70. The fourth-order valence-corrected chi connectivity index (χ4v) is 1.09. The quantitative estimate of drug-likeness (QED) is 0.759. The SMILES string of the molecule is C[C@@H](O)Cc1[nH]ncc1Br. The van der Waals surface area contributed by atoms with Gasteiger partial charge in [-0.05, 0) is 22.9 Å². The van der Waals surface area contributed by atoms with Crippen LogP contribution >= 0.6 is 15.9 Å². The highest BCUT2D eigenvalue weighted by molar-refractivity contribution is 9.10. The molecule has 0 saturated carbocycles. The number of aliphatic hydroxyl groups is 1. The van der Waals surface area contributed by atoms with Gasteiger partial charge in [0.15, 0.2) is 0 Å². The lowest BCUT2D eigenvalue weighted by atomic mass is 10.2. The molecule has 4 heteroatoms. The van der Waals surface area contributed by atoms with Crippen LogP contribution in [0.15, 0.2) is 10.7 Å². The molecular weight excluding hydrogens is 196 g/mol. The predicted octanol–water partition coefficient (Wildman–Crippen LogP) is 1.10. The van der Waals surface area contributed by atoms with Crippen molar-refractivity contribution < 1.29 is 5.11 Å². The number of hydrogen-bond acceptors (Lipinski definition) is 2. The van der Waals surface area contributed by atoms with E-state index in [4.69, 9.17) is 5.11 Å². The first-order valence-corrected chi connectivity index (χ1v) is 3.85. The van der Waals surface area contributed by atoms with Crippen molar-refractivity contribution in [2.75, 3.05) is 0 Å². The molecule has 56 valence electrons. The molecule has 1 aromatic rings.